The van der Waals surface area contributed by atoms with Crippen LogP contribution in [0.4, 0.5) is 5.82 Å². The molecule has 21 heavy (non-hydrogen) atoms. The first-order chi connectivity index (χ1) is 10.2. The first kappa shape index (κ1) is 15.3. The van der Waals surface area contributed by atoms with Gasteiger partial charge < -0.3 is 15.8 Å². The number of aromatic nitrogens is 1. The van der Waals surface area contributed by atoms with Crippen LogP contribution in [0.5, 0.6) is 0 Å². The molecular weight excluding hydrogens is 266 g/mol. The maximum atomic E-state index is 11.1. The lowest BCUT2D eigenvalue weighted by molar-refractivity contribution is -0.142. The van der Waals surface area contributed by atoms with Crippen molar-refractivity contribution in [2.45, 2.75) is 25.3 Å². The van der Waals surface area contributed by atoms with Crippen LogP contribution < -0.4 is 11.1 Å². The summed E-state index contributed by atoms with van der Waals surface area (Å²) in [7, 11) is 1.36. The number of pyridine rings is 1. The molecule has 3 N–H and O–H groups in total. The molecule has 0 saturated heterocycles. The van der Waals surface area contributed by atoms with Crippen LogP contribution in [0, 0.1) is 0 Å². The van der Waals surface area contributed by atoms with Gasteiger partial charge in [-0.2, -0.15) is 0 Å². The number of carbonyl (C=O) groups is 1. The van der Waals surface area contributed by atoms with Gasteiger partial charge in [0, 0.05) is 11.9 Å². The molecular formula is C16H21N3O2. The second kappa shape index (κ2) is 7.59. The second-order valence-electron chi connectivity index (χ2n) is 4.94. The Hall–Kier alpha value is -2.14. The Bertz CT molecular complexity index is 601. The number of rotatable bonds is 7. The van der Waals surface area contributed by atoms with Crippen LogP contribution in [-0.4, -0.2) is 30.6 Å². The summed E-state index contributed by atoms with van der Waals surface area (Å²) in [6, 6.07) is 11.5. The third-order valence-corrected chi connectivity index (χ3v) is 3.35. The number of nitrogens with two attached hydrogens (primary N) is 1. The lowest BCUT2D eigenvalue weighted by Crippen LogP contribution is -2.31. The van der Waals surface area contributed by atoms with Gasteiger partial charge in [-0.3, -0.25) is 4.79 Å². The monoisotopic (exact) mass is 287 g/mol. The molecule has 2 rings (SSSR count). The molecule has 1 heterocycles. The SMILES string of the molecule is COC(=O)C(N)CCCCNc1ccc2ccccc2n1. The Labute approximate surface area is 124 Å². The van der Waals surface area contributed by atoms with Gasteiger partial charge in [0.15, 0.2) is 0 Å². The lowest BCUT2D eigenvalue weighted by Gasteiger charge is -2.09. The molecule has 1 unspecified atom stereocenters. The van der Waals surface area contributed by atoms with Crippen molar-refractivity contribution in [3.63, 3.8) is 0 Å². The number of ether oxygens (including phenoxy) is 1. The zero-order chi connectivity index (χ0) is 15.1. The van der Waals surface area contributed by atoms with Crippen LogP contribution in [-0.2, 0) is 9.53 Å². The highest BCUT2D eigenvalue weighted by atomic mass is 16.5. The molecule has 0 fully saturated rings. The van der Waals surface area contributed by atoms with E-state index in [-0.39, 0.29) is 5.97 Å². The number of hydrogen-bond donors (Lipinski definition) is 2. The fourth-order valence-electron chi connectivity index (χ4n) is 2.14. The number of hydrogen-bond acceptors (Lipinski definition) is 5. The summed E-state index contributed by atoms with van der Waals surface area (Å²) < 4.78 is 4.59. The second-order valence-corrected chi connectivity index (χ2v) is 4.94. The third kappa shape index (κ3) is 4.43. The number of para-hydroxylation sites is 1. The quantitative estimate of drug-likeness (QED) is 0.603. The van der Waals surface area contributed by atoms with Crippen molar-refractivity contribution < 1.29 is 9.53 Å². The molecule has 2 aromatic rings. The van der Waals surface area contributed by atoms with E-state index in [1.807, 2.05) is 30.3 Å². The van der Waals surface area contributed by atoms with Crippen molar-refractivity contribution in [3.05, 3.63) is 36.4 Å². The Morgan fingerprint density at radius 1 is 1.29 bits per heavy atom. The van der Waals surface area contributed by atoms with Crippen LogP contribution in [0.1, 0.15) is 19.3 Å². The lowest BCUT2D eigenvalue weighted by atomic mass is 10.1. The van der Waals surface area contributed by atoms with Gasteiger partial charge in [0.25, 0.3) is 0 Å². The minimum atomic E-state index is -0.520. The van der Waals surface area contributed by atoms with E-state index in [0.717, 1.165) is 36.1 Å². The van der Waals surface area contributed by atoms with Crippen molar-refractivity contribution in [1.82, 2.24) is 4.98 Å². The van der Waals surface area contributed by atoms with Gasteiger partial charge in [0.05, 0.1) is 12.6 Å². The van der Waals surface area contributed by atoms with E-state index in [0.29, 0.717) is 6.42 Å². The van der Waals surface area contributed by atoms with Crippen molar-refractivity contribution in [2.24, 2.45) is 5.73 Å². The van der Waals surface area contributed by atoms with E-state index in [2.05, 4.69) is 21.1 Å². The Balaban J connectivity index is 1.74. The van der Waals surface area contributed by atoms with Gasteiger partial charge in [-0.25, -0.2) is 4.98 Å². The van der Waals surface area contributed by atoms with Gasteiger partial charge in [-0.1, -0.05) is 18.2 Å². The van der Waals surface area contributed by atoms with Crippen molar-refractivity contribution in [2.75, 3.05) is 19.0 Å². The van der Waals surface area contributed by atoms with Crippen molar-refractivity contribution >= 4 is 22.7 Å². The molecule has 0 saturated carbocycles. The number of fused-ring (bicyclic) bond motifs is 1. The number of carbonyl (C=O) groups excluding carboxylic acids is 1. The number of unbranched alkanes of at least 4 members (excludes halogenated alkanes) is 1. The normalized spacial score (nSPS) is 12.1. The summed E-state index contributed by atoms with van der Waals surface area (Å²) in [6.45, 7) is 0.805. The molecule has 1 atom stereocenters. The number of nitrogens with zero attached hydrogens (tertiary/aromatic N) is 1. The number of anilines is 1. The molecule has 0 spiro atoms. The smallest absolute Gasteiger partial charge is 0.322 e. The van der Waals surface area contributed by atoms with Crippen molar-refractivity contribution in [3.8, 4) is 0 Å². The fourth-order valence-corrected chi connectivity index (χ4v) is 2.14. The van der Waals surface area contributed by atoms with E-state index in [9.17, 15) is 4.79 Å². The molecule has 112 valence electrons. The molecule has 0 radical (unpaired) electrons. The van der Waals surface area contributed by atoms with Gasteiger partial charge in [-0.05, 0) is 37.5 Å². The Morgan fingerprint density at radius 2 is 2.10 bits per heavy atom. The Kier molecular flexibility index (Phi) is 5.51. The van der Waals surface area contributed by atoms with Gasteiger partial charge >= 0.3 is 5.97 Å². The molecule has 0 bridgehead atoms. The molecule has 1 aromatic heterocycles. The van der Waals surface area contributed by atoms with Crippen LogP contribution in [0.25, 0.3) is 10.9 Å². The number of methoxy groups -OCH3 is 1. The van der Waals surface area contributed by atoms with Crippen LogP contribution in [0.15, 0.2) is 36.4 Å². The summed E-state index contributed by atoms with van der Waals surface area (Å²) in [5, 5.41) is 4.42. The highest BCUT2D eigenvalue weighted by Gasteiger charge is 2.12. The average molecular weight is 287 g/mol. The van der Waals surface area contributed by atoms with E-state index < -0.39 is 6.04 Å². The fraction of sp³-hybridized carbons (Fsp3) is 0.375. The molecule has 5 heteroatoms. The number of nitrogens with one attached hydrogen (secondary N) is 1. The third-order valence-electron chi connectivity index (χ3n) is 3.35. The van der Waals surface area contributed by atoms with Crippen LogP contribution in [0.3, 0.4) is 0 Å². The predicted octanol–water partition coefficient (Wildman–Crippen LogP) is 2.32. The largest absolute Gasteiger partial charge is 0.468 e. The van der Waals surface area contributed by atoms with Crippen LogP contribution in [0.2, 0.25) is 0 Å². The summed E-state index contributed by atoms with van der Waals surface area (Å²) >= 11 is 0. The zero-order valence-electron chi connectivity index (χ0n) is 12.2. The summed E-state index contributed by atoms with van der Waals surface area (Å²) in [5.41, 5.74) is 6.66. The predicted molar refractivity (Wildman–Crippen MR) is 84.1 cm³/mol. The molecule has 1 aromatic carbocycles. The number of benzene rings is 1. The molecule has 0 aliphatic rings. The minimum absolute atomic E-state index is 0.348. The zero-order valence-corrected chi connectivity index (χ0v) is 12.2. The molecule has 0 amide bonds. The van der Waals surface area contributed by atoms with Crippen LogP contribution >= 0.6 is 0 Å². The van der Waals surface area contributed by atoms with Gasteiger partial charge in [0.2, 0.25) is 0 Å². The van der Waals surface area contributed by atoms with Crippen molar-refractivity contribution in [1.29, 1.82) is 0 Å². The van der Waals surface area contributed by atoms with E-state index in [1.165, 1.54) is 7.11 Å². The highest BCUT2D eigenvalue weighted by Crippen LogP contribution is 2.14. The number of esters is 1. The molecule has 0 aliphatic heterocycles. The van der Waals surface area contributed by atoms with E-state index in [1.54, 1.807) is 0 Å². The standard InChI is InChI=1S/C16H21N3O2/c1-21-16(20)13(17)7-4-5-11-18-15-10-9-12-6-2-3-8-14(12)19-15/h2-3,6,8-10,13H,4-5,7,11,17H2,1H3,(H,18,19). The molecule has 5 nitrogen and oxygen atoms in total. The highest BCUT2D eigenvalue weighted by molar-refractivity contribution is 5.80. The summed E-state index contributed by atoms with van der Waals surface area (Å²) in [6.07, 6.45) is 2.44. The van der Waals surface area contributed by atoms with E-state index >= 15 is 0 Å². The maximum Gasteiger partial charge on any atom is 0.322 e. The minimum Gasteiger partial charge on any atom is -0.468 e. The average Bonchev–Trinajstić information content (AvgIpc) is 2.53. The first-order valence-corrected chi connectivity index (χ1v) is 7.14. The first-order valence-electron chi connectivity index (χ1n) is 7.14. The Morgan fingerprint density at radius 3 is 2.90 bits per heavy atom. The summed E-state index contributed by atoms with van der Waals surface area (Å²) in [4.78, 5) is 15.7. The molecule has 0 aliphatic carbocycles. The van der Waals surface area contributed by atoms with Gasteiger partial charge in [0.1, 0.15) is 11.9 Å². The topological polar surface area (TPSA) is 77.2 Å². The van der Waals surface area contributed by atoms with E-state index in [4.69, 9.17) is 5.73 Å². The van der Waals surface area contributed by atoms with Gasteiger partial charge in [-0.15, -0.1) is 0 Å². The summed E-state index contributed by atoms with van der Waals surface area (Å²) in [5.74, 6) is 0.519. The maximum absolute atomic E-state index is 11.1.